The van der Waals surface area contributed by atoms with E-state index < -0.39 is 6.23 Å². The summed E-state index contributed by atoms with van der Waals surface area (Å²) in [6.45, 7) is 0. The SMILES string of the molecule is O=C1O[C@@H](Nc2ccc(Cl)cn2)c2ccccc21. The van der Waals surface area contributed by atoms with Gasteiger partial charge in [-0.05, 0) is 18.2 Å². The molecule has 3 rings (SSSR count). The van der Waals surface area contributed by atoms with E-state index in [2.05, 4.69) is 10.3 Å². The van der Waals surface area contributed by atoms with Crippen LogP contribution in [0.1, 0.15) is 22.1 Å². The van der Waals surface area contributed by atoms with Crippen LogP contribution in [-0.4, -0.2) is 11.0 Å². The number of esters is 1. The molecule has 0 amide bonds. The van der Waals surface area contributed by atoms with Gasteiger partial charge in [-0.1, -0.05) is 29.8 Å². The molecule has 1 aliphatic heterocycles. The number of halogens is 1. The van der Waals surface area contributed by atoms with Gasteiger partial charge in [-0.3, -0.25) is 0 Å². The number of cyclic esters (lactones) is 1. The summed E-state index contributed by atoms with van der Waals surface area (Å²) in [5.41, 5.74) is 1.41. The molecule has 0 unspecified atom stereocenters. The van der Waals surface area contributed by atoms with Crippen LogP contribution in [0.2, 0.25) is 5.02 Å². The molecule has 0 saturated heterocycles. The fourth-order valence-corrected chi connectivity index (χ4v) is 1.96. The van der Waals surface area contributed by atoms with Crippen LogP contribution in [-0.2, 0) is 4.74 Å². The van der Waals surface area contributed by atoms with E-state index in [9.17, 15) is 4.79 Å². The molecule has 90 valence electrons. The number of carbonyl (C=O) groups is 1. The lowest BCUT2D eigenvalue weighted by Crippen LogP contribution is -2.11. The Morgan fingerprint density at radius 3 is 2.83 bits per heavy atom. The zero-order valence-electron chi connectivity index (χ0n) is 9.26. The first-order valence-electron chi connectivity index (χ1n) is 5.42. The Hall–Kier alpha value is -2.07. The van der Waals surface area contributed by atoms with Crippen LogP contribution in [0.5, 0.6) is 0 Å². The number of anilines is 1. The molecule has 1 N–H and O–H groups in total. The molecule has 1 aliphatic rings. The second kappa shape index (κ2) is 4.31. The van der Waals surface area contributed by atoms with Crippen LogP contribution in [0.3, 0.4) is 0 Å². The van der Waals surface area contributed by atoms with E-state index in [1.807, 2.05) is 18.2 Å². The minimum Gasteiger partial charge on any atom is -0.434 e. The Morgan fingerprint density at radius 2 is 2.06 bits per heavy atom. The molecule has 0 fully saturated rings. The maximum atomic E-state index is 11.6. The number of ether oxygens (including phenoxy) is 1. The lowest BCUT2D eigenvalue weighted by Gasteiger charge is -2.13. The third kappa shape index (κ3) is 1.91. The highest BCUT2D eigenvalue weighted by Crippen LogP contribution is 2.30. The lowest BCUT2D eigenvalue weighted by atomic mass is 10.1. The van der Waals surface area contributed by atoms with Gasteiger partial charge in [0.25, 0.3) is 0 Å². The van der Waals surface area contributed by atoms with Gasteiger partial charge in [-0.25, -0.2) is 9.78 Å². The highest BCUT2D eigenvalue weighted by atomic mass is 35.5. The molecule has 2 aromatic rings. The van der Waals surface area contributed by atoms with Gasteiger partial charge in [0.15, 0.2) is 0 Å². The summed E-state index contributed by atoms with van der Waals surface area (Å²) in [5.74, 6) is 0.283. The van der Waals surface area contributed by atoms with Gasteiger partial charge in [-0.15, -0.1) is 0 Å². The fraction of sp³-hybridized carbons (Fsp3) is 0.0769. The van der Waals surface area contributed by atoms with Crippen molar-refractivity contribution in [3.05, 3.63) is 58.7 Å². The van der Waals surface area contributed by atoms with Crippen LogP contribution in [0.4, 0.5) is 5.82 Å². The van der Waals surface area contributed by atoms with E-state index in [-0.39, 0.29) is 5.97 Å². The predicted octanol–water partition coefficient (Wildman–Crippen LogP) is 3.02. The third-order valence-corrected chi connectivity index (χ3v) is 2.92. The van der Waals surface area contributed by atoms with Crippen LogP contribution < -0.4 is 5.32 Å². The molecule has 0 aliphatic carbocycles. The largest absolute Gasteiger partial charge is 0.434 e. The molecule has 18 heavy (non-hydrogen) atoms. The molecular formula is C13H9ClN2O2. The zero-order chi connectivity index (χ0) is 12.5. The number of pyridine rings is 1. The van der Waals surface area contributed by atoms with Crippen molar-refractivity contribution in [3.8, 4) is 0 Å². The van der Waals surface area contributed by atoms with Crippen molar-refractivity contribution in [2.45, 2.75) is 6.23 Å². The molecule has 4 nitrogen and oxygen atoms in total. The number of carbonyl (C=O) groups excluding carboxylic acids is 1. The van der Waals surface area contributed by atoms with Gasteiger partial charge in [0, 0.05) is 11.8 Å². The first-order valence-corrected chi connectivity index (χ1v) is 5.80. The van der Waals surface area contributed by atoms with Gasteiger partial charge in [0.1, 0.15) is 5.82 Å². The van der Waals surface area contributed by atoms with Gasteiger partial charge in [-0.2, -0.15) is 0 Å². The number of nitrogens with one attached hydrogen (secondary N) is 1. The minimum atomic E-state index is -0.498. The second-order valence-corrected chi connectivity index (χ2v) is 4.32. The minimum absolute atomic E-state index is 0.322. The molecule has 1 atom stereocenters. The highest BCUT2D eigenvalue weighted by Gasteiger charge is 2.30. The Balaban J connectivity index is 1.87. The van der Waals surface area contributed by atoms with Gasteiger partial charge in [0.05, 0.1) is 10.6 Å². The maximum absolute atomic E-state index is 11.6. The normalized spacial score (nSPS) is 17.2. The molecule has 0 radical (unpaired) electrons. The van der Waals surface area contributed by atoms with Crippen LogP contribution in [0, 0.1) is 0 Å². The number of benzene rings is 1. The molecule has 0 saturated carbocycles. The first kappa shape index (κ1) is 11.0. The summed E-state index contributed by atoms with van der Waals surface area (Å²) in [7, 11) is 0. The van der Waals surface area contributed by atoms with Crippen molar-refractivity contribution in [1.82, 2.24) is 4.98 Å². The summed E-state index contributed by atoms with van der Waals surface area (Å²) in [4.78, 5) is 15.7. The maximum Gasteiger partial charge on any atom is 0.340 e. The average molecular weight is 261 g/mol. The Bertz CT molecular complexity index is 598. The van der Waals surface area contributed by atoms with Crippen molar-refractivity contribution in [2.75, 3.05) is 5.32 Å². The smallest absolute Gasteiger partial charge is 0.340 e. The Kier molecular flexibility index (Phi) is 2.64. The standard InChI is InChI=1S/C13H9ClN2O2/c14-8-5-6-11(15-7-8)16-12-9-3-1-2-4-10(9)13(17)18-12/h1-7,12H,(H,15,16)/t12-/m1/s1. The van der Waals surface area contributed by atoms with Crippen LogP contribution >= 0.6 is 11.6 Å². The summed E-state index contributed by atoms with van der Waals surface area (Å²) in [6, 6.07) is 10.7. The van der Waals surface area contributed by atoms with E-state index in [0.29, 0.717) is 16.4 Å². The van der Waals surface area contributed by atoms with Gasteiger partial charge in [0.2, 0.25) is 6.23 Å². The average Bonchev–Trinajstić information content (AvgIpc) is 2.70. The molecule has 1 aromatic carbocycles. The van der Waals surface area contributed by atoms with Crippen LogP contribution in [0.25, 0.3) is 0 Å². The zero-order valence-corrected chi connectivity index (χ0v) is 10.0. The number of hydrogen-bond acceptors (Lipinski definition) is 4. The number of fused-ring (bicyclic) bond motifs is 1. The number of nitrogens with zero attached hydrogens (tertiary/aromatic N) is 1. The highest BCUT2D eigenvalue weighted by molar-refractivity contribution is 6.30. The Labute approximate surface area is 109 Å². The van der Waals surface area contributed by atoms with E-state index >= 15 is 0 Å². The van der Waals surface area contributed by atoms with Gasteiger partial charge < -0.3 is 10.1 Å². The van der Waals surface area contributed by atoms with E-state index in [4.69, 9.17) is 16.3 Å². The van der Waals surface area contributed by atoms with Crippen molar-refractivity contribution < 1.29 is 9.53 Å². The quantitative estimate of drug-likeness (QED) is 0.844. The van der Waals surface area contributed by atoms with Crippen molar-refractivity contribution in [2.24, 2.45) is 0 Å². The molecule has 0 bridgehead atoms. The summed E-state index contributed by atoms with van der Waals surface area (Å²) in [5, 5.41) is 3.60. The topological polar surface area (TPSA) is 51.2 Å². The number of aromatic nitrogens is 1. The lowest BCUT2D eigenvalue weighted by molar-refractivity contribution is 0.0436. The predicted molar refractivity (Wildman–Crippen MR) is 67.5 cm³/mol. The summed E-state index contributed by atoms with van der Waals surface area (Å²) >= 11 is 5.76. The molecule has 1 aromatic heterocycles. The van der Waals surface area contributed by atoms with E-state index in [1.54, 1.807) is 18.2 Å². The molecule has 2 heterocycles. The number of hydrogen-bond donors (Lipinski definition) is 1. The van der Waals surface area contributed by atoms with Crippen molar-refractivity contribution in [1.29, 1.82) is 0 Å². The molecule has 0 spiro atoms. The third-order valence-electron chi connectivity index (χ3n) is 2.69. The molecular weight excluding hydrogens is 252 g/mol. The fourth-order valence-electron chi connectivity index (χ4n) is 1.85. The van der Waals surface area contributed by atoms with Crippen LogP contribution in [0.15, 0.2) is 42.6 Å². The second-order valence-electron chi connectivity index (χ2n) is 3.88. The van der Waals surface area contributed by atoms with Gasteiger partial charge >= 0.3 is 5.97 Å². The Morgan fingerprint density at radius 1 is 1.22 bits per heavy atom. The van der Waals surface area contributed by atoms with E-state index in [1.165, 1.54) is 6.20 Å². The van der Waals surface area contributed by atoms with Crippen molar-refractivity contribution in [3.63, 3.8) is 0 Å². The van der Waals surface area contributed by atoms with Crippen molar-refractivity contribution >= 4 is 23.4 Å². The summed E-state index contributed by atoms with van der Waals surface area (Å²) < 4.78 is 5.24. The first-order chi connectivity index (χ1) is 8.74. The monoisotopic (exact) mass is 260 g/mol. The summed E-state index contributed by atoms with van der Waals surface area (Å²) in [6.07, 6.45) is 1.04. The molecule has 5 heteroatoms. The van der Waals surface area contributed by atoms with E-state index in [0.717, 1.165) is 5.56 Å². The number of rotatable bonds is 2.